The van der Waals surface area contributed by atoms with Crippen LogP contribution in [0.3, 0.4) is 0 Å². The molecule has 0 spiro atoms. The first-order valence-corrected chi connectivity index (χ1v) is 6.84. The van der Waals surface area contributed by atoms with E-state index in [4.69, 9.17) is 9.47 Å². The third-order valence-electron chi connectivity index (χ3n) is 3.64. The zero-order valence-electron chi connectivity index (χ0n) is 11.9. The second-order valence-corrected chi connectivity index (χ2v) is 4.88. The van der Waals surface area contributed by atoms with E-state index in [9.17, 15) is 9.18 Å². The lowest BCUT2D eigenvalue weighted by atomic mass is 10.1. The highest BCUT2D eigenvalue weighted by Crippen LogP contribution is 2.19. The smallest absolute Gasteiger partial charge is 0.176 e. The second kappa shape index (κ2) is 6.81. The van der Waals surface area contributed by atoms with Crippen LogP contribution in [0.5, 0.6) is 5.75 Å². The maximum atomic E-state index is 13.6. The summed E-state index contributed by atoms with van der Waals surface area (Å²) in [5.41, 5.74) is 0.379. The van der Waals surface area contributed by atoms with E-state index in [1.54, 1.807) is 6.07 Å². The van der Waals surface area contributed by atoms with Crippen LogP contribution in [0.4, 0.5) is 4.39 Å². The molecule has 0 N–H and O–H groups in total. The predicted molar refractivity (Wildman–Crippen MR) is 73.8 cm³/mol. The maximum absolute atomic E-state index is 13.6. The average molecular weight is 281 g/mol. The summed E-state index contributed by atoms with van der Waals surface area (Å²) < 4.78 is 23.9. The standard InChI is InChI=1S/C15H20FNO3/c1-3-12-10-20-7-6-17(12)9-14(18)11-4-5-15(19-2)13(16)8-11/h4-5,8,12H,3,6-7,9-10H2,1-2H3. The van der Waals surface area contributed by atoms with Crippen LogP contribution < -0.4 is 4.74 Å². The number of hydrogen-bond donors (Lipinski definition) is 0. The number of benzene rings is 1. The van der Waals surface area contributed by atoms with Crippen molar-refractivity contribution in [2.75, 3.05) is 33.4 Å². The minimum absolute atomic E-state index is 0.0769. The van der Waals surface area contributed by atoms with Crippen LogP contribution in [0.25, 0.3) is 0 Å². The molecule has 0 saturated carbocycles. The summed E-state index contributed by atoms with van der Waals surface area (Å²) in [6.07, 6.45) is 0.935. The number of halogens is 1. The lowest BCUT2D eigenvalue weighted by Crippen LogP contribution is -2.47. The van der Waals surface area contributed by atoms with Gasteiger partial charge in [0.15, 0.2) is 17.3 Å². The number of carbonyl (C=O) groups is 1. The molecular weight excluding hydrogens is 261 g/mol. The number of nitrogens with zero attached hydrogens (tertiary/aromatic N) is 1. The van der Waals surface area contributed by atoms with Crippen LogP contribution in [-0.2, 0) is 4.74 Å². The molecule has 110 valence electrons. The molecule has 1 fully saturated rings. The monoisotopic (exact) mass is 281 g/mol. The molecule has 1 aliphatic rings. The van der Waals surface area contributed by atoms with Gasteiger partial charge in [-0.25, -0.2) is 4.39 Å². The van der Waals surface area contributed by atoms with Crippen LogP contribution in [0.2, 0.25) is 0 Å². The van der Waals surface area contributed by atoms with Crippen molar-refractivity contribution >= 4 is 5.78 Å². The Morgan fingerprint density at radius 1 is 1.55 bits per heavy atom. The summed E-state index contributed by atoms with van der Waals surface area (Å²) in [5, 5.41) is 0. The molecule has 0 aromatic heterocycles. The Morgan fingerprint density at radius 2 is 2.35 bits per heavy atom. The SMILES string of the molecule is CCC1COCCN1CC(=O)c1ccc(OC)c(F)c1. The number of ketones is 1. The van der Waals surface area contributed by atoms with E-state index in [1.165, 1.54) is 19.2 Å². The molecule has 1 saturated heterocycles. The Kier molecular flexibility index (Phi) is 5.09. The number of methoxy groups -OCH3 is 1. The van der Waals surface area contributed by atoms with Gasteiger partial charge in [0.2, 0.25) is 0 Å². The summed E-state index contributed by atoms with van der Waals surface area (Å²) in [7, 11) is 1.40. The van der Waals surface area contributed by atoms with E-state index in [1.807, 2.05) is 0 Å². The highest BCUT2D eigenvalue weighted by atomic mass is 19.1. The minimum atomic E-state index is -0.507. The Labute approximate surface area is 118 Å². The molecule has 5 heteroatoms. The van der Waals surface area contributed by atoms with E-state index >= 15 is 0 Å². The van der Waals surface area contributed by atoms with Gasteiger partial charge in [-0.2, -0.15) is 0 Å². The Balaban J connectivity index is 2.05. The Morgan fingerprint density at radius 3 is 3.00 bits per heavy atom. The van der Waals surface area contributed by atoms with Crippen molar-refractivity contribution in [2.45, 2.75) is 19.4 Å². The normalized spacial score (nSPS) is 19.9. The fraction of sp³-hybridized carbons (Fsp3) is 0.533. The van der Waals surface area contributed by atoms with Gasteiger partial charge in [0.1, 0.15) is 0 Å². The highest BCUT2D eigenvalue weighted by molar-refractivity contribution is 5.97. The van der Waals surface area contributed by atoms with Gasteiger partial charge in [-0.3, -0.25) is 9.69 Å². The van der Waals surface area contributed by atoms with Gasteiger partial charge in [0, 0.05) is 18.2 Å². The third-order valence-corrected chi connectivity index (χ3v) is 3.64. The molecule has 1 aromatic rings. The minimum Gasteiger partial charge on any atom is -0.494 e. The maximum Gasteiger partial charge on any atom is 0.176 e. The highest BCUT2D eigenvalue weighted by Gasteiger charge is 2.24. The van der Waals surface area contributed by atoms with Crippen LogP contribution in [0.1, 0.15) is 23.7 Å². The summed E-state index contributed by atoms with van der Waals surface area (Å²) >= 11 is 0. The van der Waals surface area contributed by atoms with E-state index in [0.29, 0.717) is 25.3 Å². The van der Waals surface area contributed by atoms with Crippen molar-refractivity contribution in [2.24, 2.45) is 0 Å². The largest absolute Gasteiger partial charge is 0.494 e. The molecule has 20 heavy (non-hydrogen) atoms. The van der Waals surface area contributed by atoms with Crippen molar-refractivity contribution in [3.63, 3.8) is 0 Å². The van der Waals surface area contributed by atoms with Crippen molar-refractivity contribution in [3.8, 4) is 5.75 Å². The average Bonchev–Trinajstić information content (AvgIpc) is 2.47. The zero-order valence-corrected chi connectivity index (χ0v) is 11.9. The van der Waals surface area contributed by atoms with E-state index in [0.717, 1.165) is 13.0 Å². The van der Waals surface area contributed by atoms with Gasteiger partial charge in [-0.05, 0) is 24.6 Å². The molecule has 2 rings (SSSR count). The first-order valence-electron chi connectivity index (χ1n) is 6.84. The molecule has 0 bridgehead atoms. The zero-order chi connectivity index (χ0) is 14.5. The van der Waals surface area contributed by atoms with Crippen LogP contribution in [0.15, 0.2) is 18.2 Å². The number of morpholine rings is 1. The summed E-state index contributed by atoms with van der Waals surface area (Å²) in [6, 6.07) is 4.59. The van der Waals surface area contributed by atoms with Gasteiger partial charge in [-0.1, -0.05) is 6.92 Å². The van der Waals surface area contributed by atoms with E-state index in [-0.39, 0.29) is 17.6 Å². The lowest BCUT2D eigenvalue weighted by molar-refractivity contribution is -0.00586. The van der Waals surface area contributed by atoms with Gasteiger partial charge in [0.25, 0.3) is 0 Å². The van der Waals surface area contributed by atoms with Gasteiger partial charge >= 0.3 is 0 Å². The second-order valence-electron chi connectivity index (χ2n) is 4.88. The van der Waals surface area contributed by atoms with Crippen molar-refractivity contribution in [1.29, 1.82) is 0 Å². The van der Waals surface area contributed by atoms with Gasteiger partial charge < -0.3 is 9.47 Å². The van der Waals surface area contributed by atoms with Crippen LogP contribution in [0, 0.1) is 5.82 Å². The van der Waals surface area contributed by atoms with Crippen molar-refractivity contribution < 1.29 is 18.7 Å². The Hall–Kier alpha value is -1.46. The van der Waals surface area contributed by atoms with Gasteiger partial charge in [-0.15, -0.1) is 0 Å². The van der Waals surface area contributed by atoms with Crippen LogP contribution in [-0.4, -0.2) is 50.1 Å². The van der Waals surface area contributed by atoms with E-state index < -0.39 is 5.82 Å². The summed E-state index contributed by atoms with van der Waals surface area (Å²) in [4.78, 5) is 14.3. The molecule has 1 unspecified atom stereocenters. The number of carbonyl (C=O) groups excluding carboxylic acids is 1. The molecule has 1 atom stereocenters. The molecule has 4 nitrogen and oxygen atoms in total. The molecule has 0 radical (unpaired) electrons. The fourth-order valence-electron chi connectivity index (χ4n) is 2.39. The van der Waals surface area contributed by atoms with Gasteiger partial charge in [0.05, 0.1) is 26.9 Å². The summed E-state index contributed by atoms with van der Waals surface area (Å²) in [6.45, 7) is 4.40. The topological polar surface area (TPSA) is 38.8 Å². The lowest BCUT2D eigenvalue weighted by Gasteiger charge is -2.34. The Bertz CT molecular complexity index is 478. The number of Topliss-reactive ketones (excluding diaryl/α,β-unsaturated/α-hetero) is 1. The van der Waals surface area contributed by atoms with Crippen molar-refractivity contribution in [3.05, 3.63) is 29.6 Å². The molecule has 0 amide bonds. The fourth-order valence-corrected chi connectivity index (χ4v) is 2.39. The van der Waals surface area contributed by atoms with Crippen LogP contribution >= 0.6 is 0 Å². The van der Waals surface area contributed by atoms with Crippen molar-refractivity contribution in [1.82, 2.24) is 4.90 Å². The molecule has 1 aromatic carbocycles. The van der Waals surface area contributed by atoms with E-state index in [2.05, 4.69) is 11.8 Å². The predicted octanol–water partition coefficient (Wildman–Crippen LogP) is 2.13. The first kappa shape index (κ1) is 14.9. The molecular formula is C15H20FNO3. The molecule has 1 aliphatic heterocycles. The number of rotatable bonds is 5. The molecule has 1 heterocycles. The summed E-state index contributed by atoms with van der Waals surface area (Å²) in [5.74, 6) is -0.432. The first-order chi connectivity index (χ1) is 9.65. The quantitative estimate of drug-likeness (QED) is 0.775. The number of hydrogen-bond acceptors (Lipinski definition) is 4. The number of ether oxygens (including phenoxy) is 2. The molecule has 0 aliphatic carbocycles. The third kappa shape index (κ3) is 3.35.